The van der Waals surface area contributed by atoms with Gasteiger partial charge in [-0.25, -0.2) is 0 Å². The van der Waals surface area contributed by atoms with Crippen molar-refractivity contribution in [2.45, 2.75) is 39.0 Å². The third kappa shape index (κ3) is 2.81. The zero-order valence-corrected chi connectivity index (χ0v) is 11.9. The topological polar surface area (TPSA) is 75.0 Å². The summed E-state index contributed by atoms with van der Waals surface area (Å²) in [5.41, 5.74) is 6.50. The SMILES string of the molecule is CCC(C)(CN)C(=O)N1CCCC(c2ccn[nH]2)C1. The molecule has 19 heavy (non-hydrogen) atoms. The van der Waals surface area contributed by atoms with Gasteiger partial charge in [0.1, 0.15) is 0 Å². The minimum Gasteiger partial charge on any atom is -0.342 e. The van der Waals surface area contributed by atoms with Crippen LogP contribution in [-0.2, 0) is 4.79 Å². The molecule has 1 fully saturated rings. The molecule has 1 aliphatic rings. The molecule has 2 unspecified atom stereocenters. The van der Waals surface area contributed by atoms with Crippen molar-refractivity contribution in [1.82, 2.24) is 15.1 Å². The molecule has 2 atom stereocenters. The Balaban J connectivity index is 2.07. The summed E-state index contributed by atoms with van der Waals surface area (Å²) in [6.07, 6.45) is 4.71. The summed E-state index contributed by atoms with van der Waals surface area (Å²) < 4.78 is 0. The van der Waals surface area contributed by atoms with Crippen LogP contribution < -0.4 is 5.73 Å². The average Bonchev–Trinajstić information content (AvgIpc) is 3.00. The number of hydrogen-bond donors (Lipinski definition) is 2. The highest BCUT2D eigenvalue weighted by molar-refractivity contribution is 5.82. The summed E-state index contributed by atoms with van der Waals surface area (Å²) in [6.45, 7) is 6.03. The third-order valence-corrected chi connectivity index (χ3v) is 4.42. The van der Waals surface area contributed by atoms with Gasteiger partial charge < -0.3 is 10.6 Å². The van der Waals surface area contributed by atoms with E-state index in [-0.39, 0.29) is 5.91 Å². The van der Waals surface area contributed by atoms with Crippen LogP contribution in [-0.4, -0.2) is 40.6 Å². The van der Waals surface area contributed by atoms with E-state index in [4.69, 9.17) is 5.73 Å². The predicted molar refractivity (Wildman–Crippen MR) is 74.6 cm³/mol. The Hall–Kier alpha value is -1.36. The summed E-state index contributed by atoms with van der Waals surface area (Å²) in [6, 6.07) is 2.00. The molecule has 2 heterocycles. The van der Waals surface area contributed by atoms with E-state index in [2.05, 4.69) is 10.2 Å². The van der Waals surface area contributed by atoms with E-state index >= 15 is 0 Å². The van der Waals surface area contributed by atoms with Crippen molar-refractivity contribution in [2.24, 2.45) is 11.1 Å². The zero-order valence-electron chi connectivity index (χ0n) is 11.9. The van der Waals surface area contributed by atoms with Crippen molar-refractivity contribution in [3.8, 4) is 0 Å². The molecule has 2 rings (SSSR count). The number of likely N-dealkylation sites (tertiary alicyclic amines) is 1. The molecular weight excluding hydrogens is 240 g/mol. The molecule has 1 saturated heterocycles. The second-order valence-corrected chi connectivity index (χ2v) is 5.72. The number of carbonyl (C=O) groups excluding carboxylic acids is 1. The Morgan fingerprint density at radius 1 is 1.68 bits per heavy atom. The monoisotopic (exact) mass is 264 g/mol. The third-order valence-electron chi connectivity index (χ3n) is 4.42. The minimum absolute atomic E-state index is 0.196. The molecule has 5 heteroatoms. The lowest BCUT2D eigenvalue weighted by Gasteiger charge is -2.38. The van der Waals surface area contributed by atoms with Gasteiger partial charge >= 0.3 is 0 Å². The summed E-state index contributed by atoms with van der Waals surface area (Å²) in [7, 11) is 0. The maximum atomic E-state index is 12.6. The molecule has 1 aromatic heterocycles. The molecule has 1 amide bonds. The van der Waals surface area contributed by atoms with Crippen molar-refractivity contribution >= 4 is 5.91 Å². The quantitative estimate of drug-likeness (QED) is 0.865. The highest BCUT2D eigenvalue weighted by atomic mass is 16.2. The van der Waals surface area contributed by atoms with Gasteiger partial charge in [-0.1, -0.05) is 6.92 Å². The second-order valence-electron chi connectivity index (χ2n) is 5.72. The number of nitrogens with one attached hydrogen (secondary N) is 1. The Kier molecular flexibility index (Phi) is 4.24. The van der Waals surface area contributed by atoms with Crippen LogP contribution in [0, 0.1) is 5.41 Å². The molecular formula is C14H24N4O. The van der Waals surface area contributed by atoms with Crippen molar-refractivity contribution in [2.75, 3.05) is 19.6 Å². The molecule has 1 aliphatic heterocycles. The summed E-state index contributed by atoms with van der Waals surface area (Å²) in [5.74, 6) is 0.570. The number of H-pyrrole nitrogens is 1. The number of nitrogens with two attached hydrogens (primary N) is 1. The number of aromatic nitrogens is 2. The van der Waals surface area contributed by atoms with E-state index in [0.717, 1.165) is 38.0 Å². The van der Waals surface area contributed by atoms with Crippen molar-refractivity contribution < 1.29 is 4.79 Å². The standard InChI is InChI=1S/C14H24N4O/c1-3-14(2,10-15)13(19)18-8-4-5-11(9-18)12-6-7-16-17-12/h6-7,11H,3-5,8-10,15H2,1-2H3,(H,16,17). The first-order valence-corrected chi connectivity index (χ1v) is 7.09. The Morgan fingerprint density at radius 3 is 3.05 bits per heavy atom. The molecule has 0 aliphatic carbocycles. The molecule has 3 N–H and O–H groups in total. The first-order valence-electron chi connectivity index (χ1n) is 7.09. The molecule has 5 nitrogen and oxygen atoms in total. The normalized spacial score (nSPS) is 23.1. The van der Waals surface area contributed by atoms with Crippen LogP contribution in [0.3, 0.4) is 0 Å². The molecule has 0 spiro atoms. The van der Waals surface area contributed by atoms with E-state index in [1.807, 2.05) is 24.8 Å². The predicted octanol–water partition coefficient (Wildman–Crippen LogP) is 1.49. The first-order chi connectivity index (χ1) is 9.10. The molecule has 0 aromatic carbocycles. The van der Waals surface area contributed by atoms with Gasteiger partial charge in [-0.05, 0) is 32.3 Å². The highest BCUT2D eigenvalue weighted by Gasteiger charge is 2.36. The Morgan fingerprint density at radius 2 is 2.47 bits per heavy atom. The molecule has 0 saturated carbocycles. The smallest absolute Gasteiger partial charge is 0.229 e. The number of rotatable bonds is 4. The van der Waals surface area contributed by atoms with Gasteiger partial charge in [-0.3, -0.25) is 9.89 Å². The lowest BCUT2D eigenvalue weighted by Crippen LogP contribution is -2.49. The molecule has 0 bridgehead atoms. The summed E-state index contributed by atoms with van der Waals surface area (Å²) in [5, 5.41) is 7.02. The van der Waals surface area contributed by atoms with Gasteiger partial charge in [0.2, 0.25) is 5.91 Å². The molecule has 0 radical (unpaired) electrons. The van der Waals surface area contributed by atoms with E-state index < -0.39 is 5.41 Å². The number of amides is 1. The lowest BCUT2D eigenvalue weighted by atomic mass is 9.84. The van der Waals surface area contributed by atoms with E-state index in [0.29, 0.717) is 12.5 Å². The molecule has 106 valence electrons. The minimum atomic E-state index is -0.421. The van der Waals surface area contributed by atoms with Gasteiger partial charge in [-0.2, -0.15) is 5.10 Å². The van der Waals surface area contributed by atoms with Gasteiger partial charge in [0.25, 0.3) is 0 Å². The van der Waals surface area contributed by atoms with Crippen LogP contribution in [0.15, 0.2) is 12.3 Å². The number of nitrogens with zero attached hydrogens (tertiary/aromatic N) is 2. The van der Waals surface area contributed by atoms with Crippen LogP contribution in [0.25, 0.3) is 0 Å². The second kappa shape index (κ2) is 5.74. The first kappa shape index (κ1) is 14.1. The highest BCUT2D eigenvalue weighted by Crippen LogP contribution is 2.29. The largest absolute Gasteiger partial charge is 0.342 e. The maximum Gasteiger partial charge on any atom is 0.229 e. The fraction of sp³-hybridized carbons (Fsp3) is 0.714. The number of piperidine rings is 1. The number of carbonyl (C=O) groups is 1. The fourth-order valence-electron chi connectivity index (χ4n) is 2.67. The van der Waals surface area contributed by atoms with Gasteiger partial charge in [0.15, 0.2) is 0 Å². The van der Waals surface area contributed by atoms with Crippen LogP contribution >= 0.6 is 0 Å². The van der Waals surface area contributed by atoms with E-state index in [9.17, 15) is 4.79 Å². The van der Waals surface area contributed by atoms with E-state index in [1.165, 1.54) is 0 Å². The average molecular weight is 264 g/mol. The number of aromatic amines is 1. The fourth-order valence-corrected chi connectivity index (χ4v) is 2.67. The van der Waals surface area contributed by atoms with Crippen LogP contribution in [0.2, 0.25) is 0 Å². The summed E-state index contributed by atoms with van der Waals surface area (Å²) >= 11 is 0. The van der Waals surface area contributed by atoms with Crippen LogP contribution in [0.5, 0.6) is 0 Å². The van der Waals surface area contributed by atoms with E-state index in [1.54, 1.807) is 6.20 Å². The number of hydrogen-bond acceptors (Lipinski definition) is 3. The lowest BCUT2D eigenvalue weighted by molar-refractivity contribution is -0.142. The Bertz CT molecular complexity index is 411. The van der Waals surface area contributed by atoms with Gasteiger partial charge in [0, 0.05) is 37.4 Å². The summed E-state index contributed by atoms with van der Waals surface area (Å²) in [4.78, 5) is 14.6. The Labute approximate surface area is 114 Å². The van der Waals surface area contributed by atoms with Crippen molar-refractivity contribution in [3.05, 3.63) is 18.0 Å². The van der Waals surface area contributed by atoms with Gasteiger partial charge in [0.05, 0.1) is 5.41 Å². The zero-order chi connectivity index (χ0) is 13.9. The van der Waals surface area contributed by atoms with Crippen LogP contribution in [0.1, 0.15) is 44.7 Å². The van der Waals surface area contributed by atoms with Crippen LogP contribution in [0.4, 0.5) is 0 Å². The molecule has 1 aromatic rings. The van der Waals surface area contributed by atoms with Crippen molar-refractivity contribution in [3.63, 3.8) is 0 Å². The van der Waals surface area contributed by atoms with Crippen molar-refractivity contribution in [1.29, 1.82) is 0 Å². The van der Waals surface area contributed by atoms with Gasteiger partial charge in [-0.15, -0.1) is 0 Å². The maximum absolute atomic E-state index is 12.6.